The van der Waals surface area contributed by atoms with Gasteiger partial charge in [0.1, 0.15) is 5.69 Å². The lowest BCUT2D eigenvalue weighted by Gasteiger charge is -2.08. The first kappa shape index (κ1) is 28.9. The number of carbonyl (C=O) groups excluding carboxylic acids is 2. The third-order valence-electron chi connectivity index (χ3n) is 7.16. The van der Waals surface area contributed by atoms with Crippen LogP contribution in [-0.4, -0.2) is 21.2 Å². The number of nitrogen functional groups attached to an aromatic ring is 1. The monoisotopic (exact) mass is 550 g/mol. The predicted molar refractivity (Wildman–Crippen MR) is 150 cm³/mol. The lowest BCUT2D eigenvalue weighted by molar-refractivity contribution is -0.140. The van der Waals surface area contributed by atoms with Crippen molar-refractivity contribution in [3.8, 4) is 0 Å². The van der Waals surface area contributed by atoms with E-state index in [0.29, 0.717) is 29.6 Å². The van der Waals surface area contributed by atoms with Gasteiger partial charge in [0.15, 0.2) is 0 Å². The Kier molecular flexibility index (Phi) is 9.24. The van der Waals surface area contributed by atoms with E-state index in [0.717, 1.165) is 11.8 Å². The largest absolute Gasteiger partial charge is 0.433 e. The lowest BCUT2D eigenvalue weighted by Crippen LogP contribution is -2.19. The van der Waals surface area contributed by atoms with E-state index in [9.17, 15) is 22.8 Å². The minimum Gasteiger partial charge on any atom is -0.398 e. The maximum Gasteiger partial charge on any atom is 0.433 e. The number of alkyl halides is 3. The van der Waals surface area contributed by atoms with Crippen molar-refractivity contribution in [1.29, 1.82) is 0 Å². The second kappa shape index (κ2) is 12.8. The Balaban J connectivity index is 0.000000156. The van der Waals surface area contributed by atoms with E-state index in [-0.39, 0.29) is 28.8 Å². The number of primary amides is 1. The van der Waals surface area contributed by atoms with Gasteiger partial charge in [-0.3, -0.25) is 9.59 Å². The van der Waals surface area contributed by atoms with Gasteiger partial charge in [-0.15, -0.1) is 0 Å². The van der Waals surface area contributed by atoms with Crippen molar-refractivity contribution in [3.63, 3.8) is 0 Å². The normalized spacial score (nSPS) is 16.2. The molecule has 0 saturated heterocycles. The molecule has 4 N–H and O–H groups in total. The fraction of sp³-hybridized carbons (Fsp3) is 0.323. The molecule has 9 heteroatoms. The highest BCUT2D eigenvalue weighted by Gasteiger charge is 2.33. The molecule has 1 aliphatic heterocycles. The van der Waals surface area contributed by atoms with Crippen LogP contribution in [0.25, 0.3) is 10.9 Å². The van der Waals surface area contributed by atoms with Crippen LogP contribution in [0.4, 0.5) is 18.9 Å². The zero-order valence-corrected chi connectivity index (χ0v) is 22.2. The lowest BCUT2D eigenvalue weighted by atomic mass is 10.0. The number of nitrogens with two attached hydrogens (primary N) is 2. The van der Waals surface area contributed by atoms with Crippen LogP contribution >= 0.6 is 0 Å². The SMILES string of the molecule is C1CCCCC1.NC(=O)C1CCn2c(C(=O)c3ccccc3)ccc21.Nc1cc(C(F)(F)F)nc2ccccc12. The Morgan fingerprint density at radius 3 is 2.05 bits per heavy atom. The number of pyridine rings is 1. The molecule has 40 heavy (non-hydrogen) atoms. The highest BCUT2D eigenvalue weighted by atomic mass is 19.4. The van der Waals surface area contributed by atoms with Crippen molar-refractivity contribution in [2.75, 3.05) is 5.73 Å². The van der Waals surface area contributed by atoms with E-state index in [2.05, 4.69) is 4.98 Å². The highest BCUT2D eigenvalue weighted by Crippen LogP contribution is 2.32. The summed E-state index contributed by atoms with van der Waals surface area (Å²) in [5.41, 5.74) is 12.4. The molecule has 1 atom stereocenters. The number of rotatable bonds is 3. The van der Waals surface area contributed by atoms with E-state index >= 15 is 0 Å². The number of ketones is 1. The van der Waals surface area contributed by atoms with Gasteiger partial charge < -0.3 is 16.0 Å². The number of halogens is 3. The molecule has 0 spiro atoms. The van der Waals surface area contributed by atoms with Gasteiger partial charge in [-0.1, -0.05) is 87.1 Å². The Labute approximate surface area is 231 Å². The van der Waals surface area contributed by atoms with Gasteiger partial charge in [-0.2, -0.15) is 13.2 Å². The molecule has 2 aliphatic rings. The fourth-order valence-corrected chi connectivity index (χ4v) is 5.08. The van der Waals surface area contributed by atoms with Gasteiger partial charge in [0, 0.05) is 28.9 Å². The highest BCUT2D eigenvalue weighted by molar-refractivity contribution is 6.08. The van der Waals surface area contributed by atoms with E-state index in [1.807, 2.05) is 28.8 Å². The van der Waals surface area contributed by atoms with Crippen molar-refractivity contribution < 1.29 is 22.8 Å². The molecule has 0 bridgehead atoms. The fourth-order valence-electron chi connectivity index (χ4n) is 5.08. The maximum absolute atomic E-state index is 12.4. The number of amides is 1. The van der Waals surface area contributed by atoms with E-state index in [4.69, 9.17) is 11.5 Å². The summed E-state index contributed by atoms with van der Waals surface area (Å²) in [5, 5.41) is 0.533. The summed E-state index contributed by atoms with van der Waals surface area (Å²) in [6.45, 7) is 0.670. The molecule has 1 unspecified atom stereocenters. The van der Waals surface area contributed by atoms with Crippen LogP contribution in [-0.2, 0) is 17.5 Å². The molecule has 2 aromatic heterocycles. The average Bonchev–Trinajstić information content (AvgIpc) is 3.57. The Hall–Kier alpha value is -4.14. The molecule has 4 aromatic rings. The minimum atomic E-state index is -4.46. The molecular weight excluding hydrogens is 517 g/mol. The summed E-state index contributed by atoms with van der Waals surface area (Å²) in [4.78, 5) is 27.2. The topological polar surface area (TPSA) is 104 Å². The quantitative estimate of drug-likeness (QED) is 0.272. The molecule has 1 aliphatic carbocycles. The number of nitrogens with zero attached hydrogens (tertiary/aromatic N) is 2. The van der Waals surface area contributed by atoms with Gasteiger partial charge in [-0.25, -0.2) is 4.98 Å². The molecule has 1 amide bonds. The van der Waals surface area contributed by atoms with Crippen LogP contribution in [0.5, 0.6) is 0 Å². The summed E-state index contributed by atoms with van der Waals surface area (Å²) < 4.78 is 39.0. The van der Waals surface area contributed by atoms with E-state index in [1.165, 1.54) is 44.6 Å². The van der Waals surface area contributed by atoms with Crippen LogP contribution in [0.3, 0.4) is 0 Å². The molecule has 6 nitrogen and oxygen atoms in total. The second-order valence-electron chi connectivity index (χ2n) is 9.97. The van der Waals surface area contributed by atoms with Crippen LogP contribution in [0.15, 0.2) is 72.8 Å². The Morgan fingerprint density at radius 1 is 0.850 bits per heavy atom. The van der Waals surface area contributed by atoms with E-state index < -0.39 is 11.9 Å². The number of hydrogen-bond acceptors (Lipinski definition) is 4. The first-order chi connectivity index (χ1) is 19.2. The molecule has 210 valence electrons. The Morgan fingerprint density at radius 2 is 1.45 bits per heavy atom. The molecule has 2 aromatic carbocycles. The summed E-state index contributed by atoms with van der Waals surface area (Å²) in [6.07, 6.45) is 5.22. The zero-order chi connectivity index (χ0) is 28.7. The van der Waals surface area contributed by atoms with Crippen molar-refractivity contribution >= 4 is 28.3 Å². The van der Waals surface area contributed by atoms with Crippen molar-refractivity contribution in [2.45, 2.75) is 63.6 Å². The van der Waals surface area contributed by atoms with Crippen LogP contribution in [0, 0.1) is 0 Å². The van der Waals surface area contributed by atoms with Crippen LogP contribution in [0.2, 0.25) is 0 Å². The number of benzene rings is 2. The second-order valence-corrected chi connectivity index (χ2v) is 9.97. The van der Waals surface area contributed by atoms with Gasteiger partial charge in [0.2, 0.25) is 11.7 Å². The smallest absolute Gasteiger partial charge is 0.398 e. The van der Waals surface area contributed by atoms with Crippen LogP contribution < -0.4 is 11.5 Å². The van der Waals surface area contributed by atoms with Gasteiger partial charge in [-0.05, 0) is 30.7 Å². The van der Waals surface area contributed by atoms with Gasteiger partial charge in [0.05, 0.1) is 17.1 Å². The van der Waals surface area contributed by atoms with Crippen LogP contribution in [0.1, 0.15) is 78.3 Å². The van der Waals surface area contributed by atoms with E-state index in [1.54, 1.807) is 36.4 Å². The van der Waals surface area contributed by atoms with Gasteiger partial charge >= 0.3 is 6.18 Å². The maximum atomic E-state index is 12.4. The molecule has 1 fully saturated rings. The summed E-state index contributed by atoms with van der Waals surface area (Å²) in [5.74, 6) is -0.607. The molecule has 1 saturated carbocycles. The third-order valence-corrected chi connectivity index (χ3v) is 7.16. The first-order valence-electron chi connectivity index (χ1n) is 13.5. The Bertz CT molecular complexity index is 1450. The number of para-hydroxylation sites is 1. The number of fused-ring (bicyclic) bond motifs is 2. The van der Waals surface area contributed by atoms with Crippen molar-refractivity contribution in [3.05, 3.63) is 95.4 Å². The number of aromatic nitrogens is 2. The van der Waals surface area contributed by atoms with Crippen molar-refractivity contribution in [2.24, 2.45) is 5.73 Å². The number of carbonyl (C=O) groups is 2. The molecular formula is C31H33F3N4O2. The molecule has 6 rings (SSSR count). The predicted octanol–water partition coefficient (Wildman–Crippen LogP) is 6.87. The first-order valence-corrected chi connectivity index (χ1v) is 13.5. The summed E-state index contributed by atoms with van der Waals surface area (Å²) >= 11 is 0. The standard InChI is InChI=1S/C15H14N2O2.C10H7F3N2.C6H12/c16-15(19)11-8-9-17-12(11)6-7-13(17)14(18)10-4-2-1-3-5-10;11-10(12,13)9-5-7(14)6-3-1-2-4-8(6)15-9;1-2-4-6-5-3-1/h1-7,11H,8-9H2,(H2,16,19);1-5H,(H2,14,15);1-6H2. The summed E-state index contributed by atoms with van der Waals surface area (Å²) in [6, 6.07) is 20.1. The van der Waals surface area contributed by atoms with Gasteiger partial charge in [0.25, 0.3) is 0 Å². The molecule has 3 heterocycles. The number of anilines is 1. The zero-order valence-electron chi connectivity index (χ0n) is 22.2. The molecule has 0 radical (unpaired) electrons. The minimum absolute atomic E-state index is 0.0167. The van der Waals surface area contributed by atoms with Crippen molar-refractivity contribution in [1.82, 2.24) is 9.55 Å². The number of hydrogen-bond donors (Lipinski definition) is 2. The summed E-state index contributed by atoms with van der Waals surface area (Å²) in [7, 11) is 0. The third kappa shape index (κ3) is 6.89. The average molecular weight is 551 g/mol.